The van der Waals surface area contributed by atoms with Crippen molar-refractivity contribution in [3.8, 4) is 5.75 Å². The summed E-state index contributed by atoms with van der Waals surface area (Å²) in [4.78, 5) is 21.8. The van der Waals surface area contributed by atoms with Crippen LogP contribution in [0.25, 0.3) is 0 Å². The van der Waals surface area contributed by atoms with Gasteiger partial charge in [-0.1, -0.05) is 41.4 Å². The molecule has 0 amide bonds. The highest BCUT2D eigenvalue weighted by Crippen LogP contribution is 2.26. The second-order valence-electron chi connectivity index (χ2n) is 5.07. The van der Waals surface area contributed by atoms with Gasteiger partial charge in [0.2, 0.25) is 0 Å². The van der Waals surface area contributed by atoms with Gasteiger partial charge in [-0.15, -0.1) is 0 Å². The normalized spacial score (nSPS) is 10.6. The maximum absolute atomic E-state index is 10.9. The Balaban J connectivity index is 2.02. The van der Waals surface area contributed by atoms with Gasteiger partial charge in [0.05, 0.1) is 0 Å². The fourth-order valence-electron chi connectivity index (χ4n) is 2.06. The number of hydrogen-bond acceptors (Lipinski definition) is 3. The molecule has 0 unspecified atom stereocenters. The van der Waals surface area contributed by atoms with Crippen LogP contribution in [0.4, 0.5) is 0 Å². The highest BCUT2D eigenvalue weighted by atomic mass is 35.5. The van der Waals surface area contributed by atoms with Crippen molar-refractivity contribution in [1.82, 2.24) is 0 Å². The first-order valence-corrected chi connectivity index (χ1v) is 7.74. The molecule has 0 aliphatic rings. The summed E-state index contributed by atoms with van der Waals surface area (Å²) in [5.74, 6) is -3.66. The van der Waals surface area contributed by atoms with Gasteiger partial charge in [-0.05, 0) is 36.2 Å². The molecule has 2 rings (SSSR count). The first-order chi connectivity index (χ1) is 11.4. The fourth-order valence-corrected chi connectivity index (χ4v) is 2.57. The lowest BCUT2D eigenvalue weighted by Crippen LogP contribution is -2.25. The molecule has 0 bridgehead atoms. The van der Waals surface area contributed by atoms with Crippen LogP contribution in [0.1, 0.15) is 11.1 Å². The van der Waals surface area contributed by atoms with Crippen molar-refractivity contribution in [2.24, 2.45) is 5.92 Å². The van der Waals surface area contributed by atoms with E-state index in [1.54, 1.807) is 42.5 Å². The molecule has 0 aromatic heterocycles. The van der Waals surface area contributed by atoms with Crippen molar-refractivity contribution in [3.05, 3.63) is 63.6 Å². The molecule has 0 spiro atoms. The molecule has 7 heteroatoms. The Hall–Kier alpha value is -2.24. The number of hydrogen-bond donors (Lipinski definition) is 2. The minimum absolute atomic E-state index is 0.0959. The molecule has 0 aliphatic carbocycles. The van der Waals surface area contributed by atoms with E-state index in [0.29, 0.717) is 26.9 Å². The third-order valence-electron chi connectivity index (χ3n) is 3.40. The molecule has 0 atom stereocenters. The van der Waals surface area contributed by atoms with Crippen LogP contribution in [-0.2, 0) is 22.6 Å². The highest BCUT2D eigenvalue weighted by Gasteiger charge is 2.25. The number of halogens is 2. The van der Waals surface area contributed by atoms with Gasteiger partial charge in [-0.25, -0.2) is 0 Å². The maximum Gasteiger partial charge on any atom is 0.318 e. The monoisotopic (exact) mass is 368 g/mol. The average molecular weight is 369 g/mol. The zero-order chi connectivity index (χ0) is 17.7. The molecule has 0 radical (unpaired) electrons. The molecule has 0 saturated carbocycles. The summed E-state index contributed by atoms with van der Waals surface area (Å²) in [7, 11) is 0. The average Bonchev–Trinajstić information content (AvgIpc) is 2.52. The Bertz CT molecular complexity index is 709. The Labute approximate surface area is 148 Å². The fraction of sp³-hybridized carbons (Fsp3) is 0.176. The molecule has 2 aromatic carbocycles. The van der Waals surface area contributed by atoms with Crippen LogP contribution < -0.4 is 4.74 Å². The molecule has 2 aromatic rings. The summed E-state index contributed by atoms with van der Waals surface area (Å²) in [5.41, 5.74) is 1.26. The second-order valence-corrected chi connectivity index (χ2v) is 5.88. The summed E-state index contributed by atoms with van der Waals surface area (Å²) in [6.45, 7) is 0.185. The van der Waals surface area contributed by atoms with E-state index >= 15 is 0 Å². The molecule has 0 heterocycles. The summed E-state index contributed by atoms with van der Waals surface area (Å²) in [6.07, 6.45) is -0.0959. The smallest absolute Gasteiger partial charge is 0.318 e. The van der Waals surface area contributed by atoms with Crippen molar-refractivity contribution >= 4 is 35.1 Å². The van der Waals surface area contributed by atoms with E-state index in [9.17, 15) is 9.59 Å². The Morgan fingerprint density at radius 1 is 0.958 bits per heavy atom. The minimum Gasteiger partial charge on any atom is -0.489 e. The lowest BCUT2D eigenvalue weighted by atomic mass is 10.00. The van der Waals surface area contributed by atoms with E-state index in [4.69, 9.17) is 38.2 Å². The van der Waals surface area contributed by atoms with Gasteiger partial charge in [0.15, 0.2) is 5.92 Å². The molecule has 24 heavy (non-hydrogen) atoms. The zero-order valence-corrected chi connectivity index (χ0v) is 13.9. The second kappa shape index (κ2) is 8.04. The van der Waals surface area contributed by atoms with Gasteiger partial charge >= 0.3 is 11.9 Å². The molecular formula is C17H14Cl2O5. The van der Waals surface area contributed by atoms with Crippen LogP contribution in [0.5, 0.6) is 5.75 Å². The van der Waals surface area contributed by atoms with Crippen molar-refractivity contribution in [2.75, 3.05) is 0 Å². The third kappa shape index (κ3) is 4.63. The molecule has 0 fully saturated rings. The Morgan fingerprint density at radius 3 is 2.00 bits per heavy atom. The van der Waals surface area contributed by atoms with Crippen molar-refractivity contribution < 1.29 is 24.5 Å². The summed E-state index contributed by atoms with van der Waals surface area (Å²) in [6, 6.07) is 11.7. The van der Waals surface area contributed by atoms with E-state index in [-0.39, 0.29) is 13.0 Å². The Morgan fingerprint density at radius 2 is 1.50 bits per heavy atom. The summed E-state index contributed by atoms with van der Waals surface area (Å²) < 4.78 is 5.61. The van der Waals surface area contributed by atoms with Gasteiger partial charge in [-0.2, -0.15) is 0 Å². The van der Waals surface area contributed by atoms with Crippen LogP contribution >= 0.6 is 23.2 Å². The van der Waals surface area contributed by atoms with E-state index in [2.05, 4.69) is 0 Å². The van der Waals surface area contributed by atoms with Gasteiger partial charge in [0.25, 0.3) is 0 Å². The quantitative estimate of drug-likeness (QED) is 0.724. The van der Waals surface area contributed by atoms with Gasteiger partial charge in [-0.3, -0.25) is 9.59 Å². The maximum atomic E-state index is 10.9. The van der Waals surface area contributed by atoms with Crippen LogP contribution in [-0.4, -0.2) is 22.2 Å². The predicted octanol–water partition coefficient (Wildman–Crippen LogP) is 3.90. The molecule has 126 valence electrons. The zero-order valence-electron chi connectivity index (χ0n) is 12.4. The number of rotatable bonds is 7. The van der Waals surface area contributed by atoms with Crippen molar-refractivity contribution in [2.45, 2.75) is 13.0 Å². The van der Waals surface area contributed by atoms with Crippen LogP contribution in [0.3, 0.4) is 0 Å². The Kier molecular flexibility index (Phi) is 6.06. The topological polar surface area (TPSA) is 83.8 Å². The molecule has 2 N–H and O–H groups in total. The van der Waals surface area contributed by atoms with E-state index in [0.717, 1.165) is 0 Å². The lowest BCUT2D eigenvalue weighted by molar-refractivity contribution is -0.154. The first-order valence-electron chi connectivity index (χ1n) is 6.98. The van der Waals surface area contributed by atoms with E-state index < -0.39 is 17.9 Å². The molecule has 0 saturated heterocycles. The SMILES string of the molecule is O=C(O)C(Cc1ccc(OCc2c(Cl)cccc2Cl)cc1)C(=O)O. The minimum atomic E-state index is -1.47. The highest BCUT2D eigenvalue weighted by molar-refractivity contribution is 6.35. The van der Waals surface area contributed by atoms with E-state index in [1.807, 2.05) is 0 Å². The molecule has 5 nitrogen and oxygen atoms in total. The number of benzene rings is 2. The number of carbonyl (C=O) groups is 2. The number of carboxylic acids is 2. The van der Waals surface area contributed by atoms with Crippen molar-refractivity contribution in [1.29, 1.82) is 0 Å². The number of carboxylic acid groups (broad SMARTS) is 2. The van der Waals surface area contributed by atoms with Gasteiger partial charge in [0.1, 0.15) is 12.4 Å². The molecule has 0 aliphatic heterocycles. The van der Waals surface area contributed by atoms with Crippen LogP contribution in [0.2, 0.25) is 10.0 Å². The van der Waals surface area contributed by atoms with Crippen LogP contribution in [0, 0.1) is 5.92 Å². The summed E-state index contributed by atoms with van der Waals surface area (Å²) >= 11 is 12.1. The number of aliphatic carboxylic acids is 2. The van der Waals surface area contributed by atoms with Crippen molar-refractivity contribution in [3.63, 3.8) is 0 Å². The van der Waals surface area contributed by atoms with Crippen LogP contribution in [0.15, 0.2) is 42.5 Å². The largest absolute Gasteiger partial charge is 0.489 e. The van der Waals surface area contributed by atoms with E-state index in [1.165, 1.54) is 0 Å². The predicted molar refractivity (Wildman–Crippen MR) is 89.7 cm³/mol. The van der Waals surface area contributed by atoms with Gasteiger partial charge in [0, 0.05) is 15.6 Å². The number of ether oxygens (including phenoxy) is 1. The first kappa shape index (κ1) is 18.1. The standard InChI is InChI=1S/C17H14Cl2O5/c18-14-2-1-3-15(19)13(14)9-24-11-6-4-10(5-7-11)8-12(16(20)21)17(22)23/h1-7,12H,8-9H2,(H,20,21)(H,22,23). The summed E-state index contributed by atoms with van der Waals surface area (Å²) in [5, 5.41) is 18.8. The third-order valence-corrected chi connectivity index (χ3v) is 4.11. The molecular weight excluding hydrogens is 355 g/mol. The van der Waals surface area contributed by atoms with Gasteiger partial charge < -0.3 is 14.9 Å². The lowest BCUT2D eigenvalue weighted by Gasteiger charge is -2.11.